The summed E-state index contributed by atoms with van der Waals surface area (Å²) in [6.45, 7) is 2.07. The van der Waals surface area contributed by atoms with Crippen LogP contribution in [-0.4, -0.2) is 9.55 Å². The van der Waals surface area contributed by atoms with Crippen molar-refractivity contribution in [2.75, 3.05) is 0 Å². The Labute approximate surface area is 94.2 Å². The largest absolute Gasteiger partial charge is 0.301 e. The molecule has 2 aromatic heterocycles. The van der Waals surface area contributed by atoms with E-state index in [0.29, 0.717) is 0 Å². The molecule has 0 aliphatic rings. The second-order valence-electron chi connectivity index (χ2n) is 3.86. The molecule has 0 saturated carbocycles. The highest BCUT2D eigenvalue weighted by Crippen LogP contribution is 2.18. The van der Waals surface area contributed by atoms with Crippen LogP contribution in [0.5, 0.6) is 0 Å². The van der Waals surface area contributed by atoms with Crippen molar-refractivity contribution in [1.29, 1.82) is 0 Å². The predicted octanol–water partition coefficient (Wildman–Crippen LogP) is 3.13. The average molecular weight is 207 g/mol. The van der Waals surface area contributed by atoms with Gasteiger partial charge in [-0.25, -0.2) is 4.98 Å². The van der Waals surface area contributed by atoms with Crippen LogP contribution in [0.15, 0.2) is 48.8 Å². The molecule has 2 heteroatoms. The van der Waals surface area contributed by atoms with Crippen molar-refractivity contribution in [2.45, 2.75) is 6.92 Å². The van der Waals surface area contributed by atoms with E-state index >= 15 is 0 Å². The third-order valence-electron chi connectivity index (χ3n) is 2.68. The van der Waals surface area contributed by atoms with Crippen LogP contribution in [0.25, 0.3) is 16.7 Å². The van der Waals surface area contributed by atoms with E-state index in [0.717, 1.165) is 11.3 Å². The van der Waals surface area contributed by atoms with Crippen LogP contribution < -0.4 is 0 Å². The monoisotopic (exact) mass is 207 g/mol. The van der Waals surface area contributed by atoms with E-state index in [1.54, 1.807) is 0 Å². The van der Waals surface area contributed by atoms with Gasteiger partial charge in [0.25, 0.3) is 0 Å². The zero-order valence-corrected chi connectivity index (χ0v) is 9.01. The molecule has 2 heterocycles. The Kier molecular flexibility index (Phi) is 2.00. The van der Waals surface area contributed by atoms with Crippen molar-refractivity contribution in [3.05, 3.63) is 60.4 Å². The minimum atomic E-state index is 0.959. The zero-order valence-electron chi connectivity index (χ0n) is 9.01. The van der Waals surface area contributed by atoms with Crippen molar-refractivity contribution in [3.63, 3.8) is 0 Å². The molecular formula is C14H11N2. The Hall–Kier alpha value is -2.09. The molecule has 3 rings (SSSR count). The molecule has 2 nitrogen and oxygen atoms in total. The van der Waals surface area contributed by atoms with E-state index in [4.69, 9.17) is 0 Å². The van der Waals surface area contributed by atoms with Gasteiger partial charge < -0.3 is 4.57 Å². The Morgan fingerprint density at radius 1 is 1.25 bits per heavy atom. The molecule has 0 N–H and O–H groups in total. The second kappa shape index (κ2) is 3.49. The molecule has 0 atom stereocenters. The predicted molar refractivity (Wildman–Crippen MR) is 64.6 cm³/mol. The van der Waals surface area contributed by atoms with Gasteiger partial charge in [0.2, 0.25) is 0 Å². The summed E-state index contributed by atoms with van der Waals surface area (Å²) in [6, 6.07) is 15.2. The number of rotatable bonds is 1. The minimum absolute atomic E-state index is 0.959. The van der Waals surface area contributed by atoms with Crippen LogP contribution in [0, 0.1) is 13.0 Å². The van der Waals surface area contributed by atoms with Gasteiger partial charge in [-0.1, -0.05) is 6.07 Å². The number of nitrogens with zero attached hydrogens (tertiary/aromatic N) is 2. The van der Waals surface area contributed by atoms with Crippen molar-refractivity contribution < 1.29 is 0 Å². The fourth-order valence-corrected chi connectivity index (χ4v) is 1.87. The molecule has 0 aliphatic heterocycles. The Morgan fingerprint density at radius 3 is 3.06 bits per heavy atom. The molecule has 0 saturated heterocycles. The highest BCUT2D eigenvalue weighted by atomic mass is 15.0. The third kappa shape index (κ3) is 1.39. The maximum Gasteiger partial charge on any atom is 0.137 e. The molecule has 0 fully saturated rings. The summed E-state index contributed by atoms with van der Waals surface area (Å²) < 4.78 is 2.09. The fraction of sp³-hybridized carbons (Fsp3) is 0.0714. The van der Waals surface area contributed by atoms with Gasteiger partial charge in [0.15, 0.2) is 0 Å². The molecule has 3 aromatic rings. The van der Waals surface area contributed by atoms with Crippen LogP contribution >= 0.6 is 0 Å². The average Bonchev–Trinajstić information content (AvgIpc) is 2.72. The lowest BCUT2D eigenvalue weighted by Gasteiger charge is -2.04. The van der Waals surface area contributed by atoms with Crippen molar-refractivity contribution >= 4 is 10.9 Å². The van der Waals surface area contributed by atoms with Gasteiger partial charge in [0, 0.05) is 17.8 Å². The number of aryl methyl sites for hydroxylation is 1. The van der Waals surface area contributed by atoms with Crippen molar-refractivity contribution in [3.8, 4) is 5.82 Å². The second-order valence-corrected chi connectivity index (χ2v) is 3.86. The summed E-state index contributed by atoms with van der Waals surface area (Å²) in [5.74, 6) is 0.959. The standard InChI is InChI=1S/C14H11N2/c1-11-6-8-15-14(10-11)16-9-7-12-4-2-3-5-13(12)16/h3-10H,1H3. The smallest absolute Gasteiger partial charge is 0.137 e. The first-order chi connectivity index (χ1) is 7.84. The zero-order chi connectivity index (χ0) is 11.0. The summed E-state index contributed by atoms with van der Waals surface area (Å²) in [7, 11) is 0. The first-order valence-electron chi connectivity index (χ1n) is 5.25. The molecule has 0 amide bonds. The van der Waals surface area contributed by atoms with Crippen LogP contribution in [0.2, 0.25) is 0 Å². The van der Waals surface area contributed by atoms with Gasteiger partial charge in [-0.05, 0) is 48.9 Å². The lowest BCUT2D eigenvalue weighted by Crippen LogP contribution is -1.95. The van der Waals surface area contributed by atoms with E-state index < -0.39 is 0 Å². The summed E-state index contributed by atoms with van der Waals surface area (Å²) in [4.78, 5) is 4.38. The van der Waals surface area contributed by atoms with Gasteiger partial charge in [-0.3, -0.25) is 0 Å². The van der Waals surface area contributed by atoms with E-state index in [-0.39, 0.29) is 0 Å². The number of pyridine rings is 1. The SMILES string of the molecule is Cc1ccnc(-n2ccc3c[c]ccc32)c1. The van der Waals surface area contributed by atoms with E-state index in [1.807, 2.05) is 30.6 Å². The molecule has 77 valence electrons. The lowest BCUT2D eigenvalue weighted by atomic mass is 10.2. The summed E-state index contributed by atoms with van der Waals surface area (Å²) >= 11 is 0. The normalized spacial score (nSPS) is 10.8. The van der Waals surface area contributed by atoms with E-state index in [9.17, 15) is 0 Å². The van der Waals surface area contributed by atoms with Crippen LogP contribution in [0.3, 0.4) is 0 Å². The first-order valence-corrected chi connectivity index (χ1v) is 5.25. The lowest BCUT2D eigenvalue weighted by molar-refractivity contribution is 1.04. The van der Waals surface area contributed by atoms with Crippen LogP contribution in [0.1, 0.15) is 5.56 Å². The molecule has 1 aromatic carbocycles. The number of fused-ring (bicyclic) bond motifs is 1. The van der Waals surface area contributed by atoms with Crippen molar-refractivity contribution in [2.24, 2.45) is 0 Å². The number of benzene rings is 1. The molecule has 0 spiro atoms. The van der Waals surface area contributed by atoms with Gasteiger partial charge in [-0.2, -0.15) is 0 Å². The number of aromatic nitrogens is 2. The fourth-order valence-electron chi connectivity index (χ4n) is 1.87. The van der Waals surface area contributed by atoms with E-state index in [1.165, 1.54) is 10.9 Å². The van der Waals surface area contributed by atoms with Crippen molar-refractivity contribution in [1.82, 2.24) is 9.55 Å². The van der Waals surface area contributed by atoms with Gasteiger partial charge >= 0.3 is 0 Å². The Balaban J connectivity index is 2.26. The summed E-state index contributed by atoms with van der Waals surface area (Å²) in [6.07, 6.45) is 3.88. The minimum Gasteiger partial charge on any atom is -0.301 e. The molecule has 0 aliphatic carbocycles. The Morgan fingerprint density at radius 2 is 2.19 bits per heavy atom. The molecule has 16 heavy (non-hydrogen) atoms. The third-order valence-corrected chi connectivity index (χ3v) is 2.68. The van der Waals surface area contributed by atoms with Crippen LogP contribution in [0.4, 0.5) is 0 Å². The molecule has 0 unspecified atom stereocenters. The number of hydrogen-bond donors (Lipinski definition) is 0. The maximum absolute atomic E-state index is 4.38. The molecule has 0 bridgehead atoms. The van der Waals surface area contributed by atoms with Crippen LogP contribution in [-0.2, 0) is 0 Å². The highest BCUT2D eigenvalue weighted by molar-refractivity contribution is 5.81. The maximum atomic E-state index is 4.38. The Bertz CT molecular complexity index is 638. The van der Waals surface area contributed by atoms with Gasteiger partial charge in [0.05, 0.1) is 5.52 Å². The number of hydrogen-bond acceptors (Lipinski definition) is 1. The first kappa shape index (κ1) is 9.16. The molecular weight excluding hydrogens is 196 g/mol. The molecule has 1 radical (unpaired) electrons. The van der Waals surface area contributed by atoms with E-state index in [2.05, 4.69) is 40.7 Å². The summed E-state index contributed by atoms with van der Waals surface area (Å²) in [5.41, 5.74) is 2.38. The quantitative estimate of drug-likeness (QED) is 0.599. The topological polar surface area (TPSA) is 17.8 Å². The highest BCUT2D eigenvalue weighted by Gasteiger charge is 2.02. The summed E-state index contributed by atoms with van der Waals surface area (Å²) in [5, 5.41) is 1.19. The van der Waals surface area contributed by atoms with Gasteiger partial charge in [-0.15, -0.1) is 0 Å². The van der Waals surface area contributed by atoms with Gasteiger partial charge in [0.1, 0.15) is 5.82 Å².